The van der Waals surface area contributed by atoms with Gasteiger partial charge in [-0.1, -0.05) is 23.7 Å². The van der Waals surface area contributed by atoms with Crippen LogP contribution in [0.2, 0.25) is 5.02 Å². The molecule has 0 aliphatic carbocycles. The monoisotopic (exact) mass is 328 g/mol. The summed E-state index contributed by atoms with van der Waals surface area (Å²) in [5, 5.41) is 0.522. The third kappa shape index (κ3) is 3.72. The molecule has 2 rings (SSSR count). The summed E-state index contributed by atoms with van der Waals surface area (Å²) in [7, 11) is -2.41. The van der Waals surface area contributed by atoms with E-state index in [1.807, 2.05) is 0 Å². The first-order valence-corrected chi connectivity index (χ1v) is 7.88. The summed E-state index contributed by atoms with van der Waals surface area (Å²) in [6.07, 6.45) is 0. The van der Waals surface area contributed by atoms with Crippen molar-refractivity contribution in [1.29, 1.82) is 0 Å². The van der Waals surface area contributed by atoms with Crippen molar-refractivity contribution < 1.29 is 12.8 Å². The minimum Gasteiger partial charge on any atom is -0.399 e. The summed E-state index contributed by atoms with van der Waals surface area (Å²) in [4.78, 5) is -0.176. The van der Waals surface area contributed by atoms with Gasteiger partial charge in [-0.05, 0) is 35.9 Å². The molecule has 0 radical (unpaired) electrons. The van der Waals surface area contributed by atoms with E-state index in [1.165, 1.54) is 13.1 Å². The average molecular weight is 329 g/mol. The molecular weight excluding hydrogens is 315 g/mol. The van der Waals surface area contributed by atoms with Crippen molar-refractivity contribution in [3.63, 3.8) is 0 Å². The first-order chi connectivity index (χ1) is 9.79. The van der Waals surface area contributed by atoms with Crippen LogP contribution in [-0.4, -0.2) is 19.8 Å². The number of hydrogen-bond donors (Lipinski definition) is 1. The van der Waals surface area contributed by atoms with E-state index in [0.717, 1.165) is 22.0 Å². The summed E-state index contributed by atoms with van der Waals surface area (Å²) in [5.74, 6) is -0.690. The molecular formula is C14H14ClFN2O2S. The Morgan fingerprint density at radius 3 is 2.57 bits per heavy atom. The lowest BCUT2D eigenvalue weighted by Crippen LogP contribution is -2.26. The van der Waals surface area contributed by atoms with Gasteiger partial charge in [0.05, 0.1) is 4.90 Å². The van der Waals surface area contributed by atoms with Crippen molar-refractivity contribution in [2.45, 2.75) is 11.4 Å². The molecule has 7 heteroatoms. The maximum atomic E-state index is 13.3. The minimum absolute atomic E-state index is 0.0599. The van der Waals surface area contributed by atoms with Crippen molar-refractivity contribution in [1.82, 2.24) is 4.31 Å². The molecule has 0 spiro atoms. The summed E-state index contributed by atoms with van der Waals surface area (Å²) >= 11 is 5.87. The predicted octanol–water partition coefficient (Wildman–Crippen LogP) is 2.88. The molecule has 0 bridgehead atoms. The Morgan fingerprint density at radius 1 is 1.24 bits per heavy atom. The molecule has 0 amide bonds. The van der Waals surface area contributed by atoms with Gasteiger partial charge in [-0.2, -0.15) is 4.31 Å². The maximum absolute atomic E-state index is 13.3. The van der Waals surface area contributed by atoms with Crippen molar-refractivity contribution >= 4 is 27.3 Å². The van der Waals surface area contributed by atoms with Crippen LogP contribution >= 0.6 is 11.6 Å². The van der Waals surface area contributed by atoms with Crippen LogP contribution in [0, 0.1) is 5.82 Å². The van der Waals surface area contributed by atoms with Gasteiger partial charge in [-0.25, -0.2) is 12.8 Å². The Hall–Kier alpha value is -1.63. The normalized spacial score (nSPS) is 11.8. The SMILES string of the molecule is CN(Cc1cccc(Cl)c1)S(=O)(=O)c1cc(N)cc(F)c1. The van der Waals surface area contributed by atoms with Gasteiger partial charge in [0.15, 0.2) is 0 Å². The van der Waals surface area contributed by atoms with Crippen LogP contribution in [0.4, 0.5) is 10.1 Å². The molecule has 21 heavy (non-hydrogen) atoms. The van der Waals surface area contributed by atoms with Gasteiger partial charge in [0.1, 0.15) is 5.82 Å². The van der Waals surface area contributed by atoms with E-state index in [0.29, 0.717) is 5.02 Å². The zero-order valence-electron chi connectivity index (χ0n) is 11.3. The number of nitrogen functional groups attached to an aromatic ring is 1. The lowest BCUT2D eigenvalue weighted by Gasteiger charge is -2.17. The molecule has 0 saturated heterocycles. The van der Waals surface area contributed by atoms with E-state index >= 15 is 0 Å². The molecule has 2 aromatic rings. The van der Waals surface area contributed by atoms with Crippen molar-refractivity contribution in [3.05, 3.63) is 58.9 Å². The summed E-state index contributed by atoms with van der Waals surface area (Å²) in [6.45, 7) is 0.124. The minimum atomic E-state index is -3.82. The number of rotatable bonds is 4. The Bertz CT molecular complexity index is 745. The van der Waals surface area contributed by atoms with Crippen molar-refractivity contribution in [3.8, 4) is 0 Å². The number of nitrogens with zero attached hydrogens (tertiary/aromatic N) is 1. The van der Waals surface area contributed by atoms with Crippen LogP contribution < -0.4 is 5.73 Å². The van der Waals surface area contributed by atoms with E-state index < -0.39 is 15.8 Å². The van der Waals surface area contributed by atoms with Crippen molar-refractivity contribution in [2.75, 3.05) is 12.8 Å². The molecule has 4 nitrogen and oxygen atoms in total. The Balaban J connectivity index is 2.30. The molecule has 0 saturated carbocycles. The fourth-order valence-corrected chi connectivity index (χ4v) is 3.33. The van der Waals surface area contributed by atoms with Crippen LogP contribution in [0.5, 0.6) is 0 Å². The highest BCUT2D eigenvalue weighted by Crippen LogP contribution is 2.21. The molecule has 0 fully saturated rings. The highest BCUT2D eigenvalue weighted by molar-refractivity contribution is 7.89. The Kier molecular flexibility index (Phi) is 4.51. The molecule has 0 aromatic heterocycles. The van der Waals surface area contributed by atoms with E-state index in [-0.39, 0.29) is 17.1 Å². The van der Waals surface area contributed by atoms with Crippen LogP contribution in [0.25, 0.3) is 0 Å². The Morgan fingerprint density at radius 2 is 1.95 bits per heavy atom. The van der Waals surface area contributed by atoms with Crippen molar-refractivity contribution in [2.24, 2.45) is 0 Å². The third-order valence-electron chi connectivity index (χ3n) is 2.90. The quantitative estimate of drug-likeness (QED) is 0.878. The summed E-state index contributed by atoms with van der Waals surface area (Å²) in [6, 6.07) is 10.1. The smallest absolute Gasteiger partial charge is 0.243 e. The molecule has 0 heterocycles. The van der Waals surface area contributed by atoms with Crippen LogP contribution in [0.1, 0.15) is 5.56 Å². The van der Waals surface area contributed by atoms with Gasteiger partial charge in [0, 0.05) is 24.3 Å². The van der Waals surface area contributed by atoms with E-state index in [2.05, 4.69) is 0 Å². The lowest BCUT2D eigenvalue weighted by atomic mass is 10.2. The topological polar surface area (TPSA) is 63.4 Å². The van der Waals surface area contributed by atoms with Crippen LogP contribution in [-0.2, 0) is 16.6 Å². The third-order valence-corrected chi connectivity index (χ3v) is 4.91. The number of anilines is 1. The number of nitrogens with two attached hydrogens (primary N) is 1. The molecule has 0 unspecified atom stereocenters. The van der Waals surface area contributed by atoms with E-state index in [1.54, 1.807) is 24.3 Å². The largest absolute Gasteiger partial charge is 0.399 e. The Labute approximate surface area is 128 Å². The maximum Gasteiger partial charge on any atom is 0.243 e. The second-order valence-corrected chi connectivity index (χ2v) is 7.09. The highest BCUT2D eigenvalue weighted by atomic mass is 35.5. The molecule has 0 atom stereocenters. The second-order valence-electron chi connectivity index (χ2n) is 4.61. The molecule has 0 aliphatic heterocycles. The average Bonchev–Trinajstić information content (AvgIpc) is 2.37. The highest BCUT2D eigenvalue weighted by Gasteiger charge is 2.22. The van der Waals surface area contributed by atoms with Gasteiger partial charge in [0.2, 0.25) is 10.0 Å². The summed E-state index contributed by atoms with van der Waals surface area (Å²) in [5.41, 5.74) is 6.28. The number of sulfonamides is 1. The van der Waals surface area contributed by atoms with Gasteiger partial charge in [-0.3, -0.25) is 0 Å². The molecule has 0 aliphatic rings. The zero-order chi connectivity index (χ0) is 15.6. The van der Waals surface area contributed by atoms with Gasteiger partial charge >= 0.3 is 0 Å². The summed E-state index contributed by atoms with van der Waals surface area (Å²) < 4.78 is 39.2. The lowest BCUT2D eigenvalue weighted by molar-refractivity contribution is 0.466. The molecule has 2 aromatic carbocycles. The van der Waals surface area contributed by atoms with Crippen LogP contribution in [0.15, 0.2) is 47.4 Å². The number of benzene rings is 2. The van der Waals surface area contributed by atoms with Gasteiger partial charge in [0.25, 0.3) is 0 Å². The van der Waals surface area contributed by atoms with E-state index in [9.17, 15) is 12.8 Å². The van der Waals surface area contributed by atoms with E-state index in [4.69, 9.17) is 17.3 Å². The standard InChI is InChI=1S/C14H14ClFN2O2S/c1-18(9-10-3-2-4-11(15)5-10)21(19,20)14-7-12(16)6-13(17)8-14/h2-8H,9,17H2,1H3. The first kappa shape index (κ1) is 15.8. The number of halogens is 2. The zero-order valence-corrected chi connectivity index (χ0v) is 12.8. The van der Waals surface area contributed by atoms with Gasteiger partial charge < -0.3 is 5.73 Å². The second kappa shape index (κ2) is 6.01. The van der Waals surface area contributed by atoms with Gasteiger partial charge in [-0.15, -0.1) is 0 Å². The fraction of sp³-hybridized carbons (Fsp3) is 0.143. The number of hydrogen-bond acceptors (Lipinski definition) is 3. The first-order valence-electron chi connectivity index (χ1n) is 6.06. The van der Waals surface area contributed by atoms with Crippen LogP contribution in [0.3, 0.4) is 0 Å². The molecule has 112 valence electrons. The molecule has 2 N–H and O–H groups in total. The fourth-order valence-electron chi connectivity index (χ4n) is 1.89. The predicted molar refractivity (Wildman–Crippen MR) is 80.9 cm³/mol.